The third-order valence-corrected chi connectivity index (χ3v) is 5.99. The fraction of sp³-hybridized carbons (Fsp3) is 0.423. The van der Waals surface area contributed by atoms with Crippen LogP contribution < -0.4 is 10.6 Å². The van der Waals surface area contributed by atoms with Gasteiger partial charge in [-0.1, -0.05) is 68.8 Å². The van der Waals surface area contributed by atoms with E-state index in [0.717, 1.165) is 28.7 Å². The number of ether oxygens (including phenoxy) is 1. The van der Waals surface area contributed by atoms with E-state index in [4.69, 9.17) is 9.84 Å². The van der Waals surface area contributed by atoms with Gasteiger partial charge in [-0.15, -0.1) is 0 Å². The Morgan fingerprint density at radius 2 is 1.61 bits per heavy atom. The van der Waals surface area contributed by atoms with Gasteiger partial charge in [-0.05, 0) is 41.0 Å². The average Bonchev–Trinajstić information content (AvgIpc) is 3.10. The highest BCUT2D eigenvalue weighted by molar-refractivity contribution is 5.85. The van der Waals surface area contributed by atoms with Gasteiger partial charge in [0, 0.05) is 18.9 Å². The molecule has 2 aromatic rings. The Morgan fingerprint density at radius 1 is 1.00 bits per heavy atom. The second kappa shape index (κ2) is 11.5. The maximum absolute atomic E-state index is 12.6. The molecule has 0 aliphatic heterocycles. The maximum atomic E-state index is 12.6. The molecular formula is C26H32N2O5. The Hall–Kier alpha value is -3.35. The van der Waals surface area contributed by atoms with Crippen LogP contribution >= 0.6 is 0 Å². The number of carbonyl (C=O) groups excluding carboxylic acids is 2. The monoisotopic (exact) mass is 452 g/mol. The highest BCUT2D eigenvalue weighted by atomic mass is 16.5. The number of carbonyl (C=O) groups is 3. The minimum Gasteiger partial charge on any atom is -0.481 e. The molecule has 0 saturated heterocycles. The number of benzene rings is 2. The number of alkyl carbamates (subject to hydrolysis) is 1. The highest BCUT2D eigenvalue weighted by Crippen LogP contribution is 2.44. The van der Waals surface area contributed by atoms with E-state index in [2.05, 4.69) is 34.9 Å². The Morgan fingerprint density at radius 3 is 2.18 bits per heavy atom. The van der Waals surface area contributed by atoms with Crippen LogP contribution in [0.5, 0.6) is 0 Å². The molecule has 0 spiro atoms. The summed E-state index contributed by atoms with van der Waals surface area (Å²) in [4.78, 5) is 35.9. The van der Waals surface area contributed by atoms with E-state index >= 15 is 0 Å². The topological polar surface area (TPSA) is 105 Å². The summed E-state index contributed by atoms with van der Waals surface area (Å²) in [6, 6.07) is 15.5. The predicted molar refractivity (Wildman–Crippen MR) is 126 cm³/mol. The van der Waals surface area contributed by atoms with E-state index in [0.29, 0.717) is 19.4 Å². The normalized spacial score (nSPS) is 14.0. The van der Waals surface area contributed by atoms with Crippen molar-refractivity contribution in [3.63, 3.8) is 0 Å². The first-order valence-electron chi connectivity index (χ1n) is 11.5. The van der Waals surface area contributed by atoms with Crippen LogP contribution in [0, 0.1) is 5.92 Å². The van der Waals surface area contributed by atoms with Crippen LogP contribution in [0.25, 0.3) is 11.1 Å². The number of rotatable bonds is 11. The fourth-order valence-corrected chi connectivity index (χ4v) is 4.30. The van der Waals surface area contributed by atoms with Gasteiger partial charge < -0.3 is 20.5 Å². The second-order valence-corrected chi connectivity index (χ2v) is 8.59. The van der Waals surface area contributed by atoms with Crippen molar-refractivity contribution in [2.75, 3.05) is 13.2 Å². The first-order chi connectivity index (χ1) is 15.9. The number of hydrogen-bond acceptors (Lipinski definition) is 4. The van der Waals surface area contributed by atoms with Crippen molar-refractivity contribution in [2.24, 2.45) is 5.92 Å². The molecule has 33 heavy (non-hydrogen) atoms. The lowest BCUT2D eigenvalue weighted by atomic mass is 9.98. The van der Waals surface area contributed by atoms with Gasteiger partial charge >= 0.3 is 12.1 Å². The molecule has 0 fully saturated rings. The van der Waals surface area contributed by atoms with Gasteiger partial charge in [0.1, 0.15) is 12.6 Å². The van der Waals surface area contributed by atoms with Crippen LogP contribution in [0.15, 0.2) is 48.5 Å². The minimum absolute atomic E-state index is 0.0393. The number of carboxylic acids is 1. The molecule has 2 aromatic carbocycles. The van der Waals surface area contributed by atoms with Crippen LogP contribution in [0.3, 0.4) is 0 Å². The summed E-state index contributed by atoms with van der Waals surface area (Å²) in [5.74, 6) is -1.22. The first kappa shape index (κ1) is 24.3. The number of hydrogen-bond donors (Lipinski definition) is 3. The smallest absolute Gasteiger partial charge is 0.407 e. The molecule has 0 radical (unpaired) electrons. The summed E-state index contributed by atoms with van der Waals surface area (Å²) < 4.78 is 5.56. The highest BCUT2D eigenvalue weighted by Gasteiger charge is 2.29. The van der Waals surface area contributed by atoms with Crippen molar-refractivity contribution < 1.29 is 24.2 Å². The summed E-state index contributed by atoms with van der Waals surface area (Å²) in [6.07, 6.45) is 1.20. The van der Waals surface area contributed by atoms with Crippen molar-refractivity contribution in [3.05, 3.63) is 59.7 Å². The third kappa shape index (κ3) is 6.34. The SMILES string of the molecule is CCCC(NC(=O)OCC1c2ccccc2-c2ccccc21)C(=O)NCCC(C)CC(=O)O. The van der Waals surface area contributed by atoms with Gasteiger partial charge in [0.05, 0.1) is 0 Å². The van der Waals surface area contributed by atoms with Gasteiger partial charge in [0.25, 0.3) is 0 Å². The van der Waals surface area contributed by atoms with Crippen molar-refractivity contribution in [1.82, 2.24) is 10.6 Å². The number of fused-ring (bicyclic) bond motifs is 3. The number of nitrogens with one attached hydrogen (secondary N) is 2. The first-order valence-corrected chi connectivity index (χ1v) is 11.5. The Balaban J connectivity index is 1.54. The second-order valence-electron chi connectivity index (χ2n) is 8.59. The summed E-state index contributed by atoms with van der Waals surface area (Å²) in [7, 11) is 0. The molecule has 0 bridgehead atoms. The molecule has 7 nitrogen and oxygen atoms in total. The van der Waals surface area contributed by atoms with Crippen molar-refractivity contribution in [2.45, 2.75) is 51.5 Å². The number of aliphatic carboxylic acids is 1. The van der Waals surface area contributed by atoms with E-state index in [1.54, 1.807) is 0 Å². The number of carboxylic acid groups (broad SMARTS) is 1. The van der Waals surface area contributed by atoms with Crippen molar-refractivity contribution in [1.29, 1.82) is 0 Å². The standard InChI is InChI=1S/C26H32N2O5/c1-3-8-23(25(31)27-14-13-17(2)15-24(29)30)28-26(32)33-16-22-20-11-6-4-9-18(20)19-10-5-7-12-21(19)22/h4-7,9-12,17,22-23H,3,8,13-16H2,1-2H3,(H,27,31)(H,28,32)(H,29,30). The van der Waals surface area contributed by atoms with E-state index < -0.39 is 18.1 Å². The Kier molecular flexibility index (Phi) is 8.46. The molecule has 1 aliphatic rings. The van der Waals surface area contributed by atoms with Crippen molar-refractivity contribution >= 4 is 18.0 Å². The maximum Gasteiger partial charge on any atom is 0.407 e. The lowest BCUT2D eigenvalue weighted by Crippen LogP contribution is -2.47. The summed E-state index contributed by atoms with van der Waals surface area (Å²) in [5.41, 5.74) is 4.57. The van der Waals surface area contributed by atoms with Gasteiger partial charge in [0.2, 0.25) is 5.91 Å². The summed E-state index contributed by atoms with van der Waals surface area (Å²) in [6.45, 7) is 4.32. The zero-order chi connectivity index (χ0) is 23.8. The molecule has 176 valence electrons. The van der Waals surface area contributed by atoms with Gasteiger partial charge in [-0.25, -0.2) is 4.79 Å². The average molecular weight is 453 g/mol. The third-order valence-electron chi connectivity index (χ3n) is 5.99. The van der Waals surface area contributed by atoms with E-state index in [9.17, 15) is 14.4 Å². The lowest BCUT2D eigenvalue weighted by Gasteiger charge is -2.20. The molecule has 1 aliphatic carbocycles. The molecule has 2 atom stereocenters. The molecule has 2 unspecified atom stereocenters. The van der Waals surface area contributed by atoms with E-state index in [1.165, 1.54) is 0 Å². The number of amides is 2. The molecule has 0 heterocycles. The van der Waals surface area contributed by atoms with E-state index in [1.807, 2.05) is 38.1 Å². The molecule has 3 N–H and O–H groups in total. The lowest BCUT2D eigenvalue weighted by molar-refractivity contribution is -0.138. The van der Waals surface area contributed by atoms with Crippen LogP contribution in [0.1, 0.15) is 56.6 Å². The molecular weight excluding hydrogens is 420 g/mol. The summed E-state index contributed by atoms with van der Waals surface area (Å²) >= 11 is 0. The Bertz CT molecular complexity index is 945. The Labute approximate surface area is 194 Å². The van der Waals surface area contributed by atoms with E-state index in [-0.39, 0.29) is 30.8 Å². The molecule has 3 rings (SSSR count). The zero-order valence-corrected chi connectivity index (χ0v) is 19.2. The van der Waals surface area contributed by atoms with Gasteiger partial charge in [-0.3, -0.25) is 9.59 Å². The van der Waals surface area contributed by atoms with Crippen LogP contribution in [-0.2, 0) is 14.3 Å². The quantitative estimate of drug-likeness (QED) is 0.471. The van der Waals surface area contributed by atoms with Crippen LogP contribution in [0.4, 0.5) is 4.79 Å². The molecule has 7 heteroatoms. The molecule has 0 saturated carbocycles. The fourth-order valence-electron chi connectivity index (χ4n) is 4.30. The van der Waals surface area contributed by atoms with Crippen LogP contribution in [0.2, 0.25) is 0 Å². The predicted octanol–water partition coefficient (Wildman–Crippen LogP) is 4.31. The van der Waals surface area contributed by atoms with Crippen molar-refractivity contribution in [3.8, 4) is 11.1 Å². The van der Waals surface area contributed by atoms with Crippen LogP contribution in [-0.4, -0.2) is 42.3 Å². The summed E-state index contributed by atoms with van der Waals surface area (Å²) in [5, 5.41) is 14.3. The zero-order valence-electron chi connectivity index (χ0n) is 19.2. The molecule has 0 aromatic heterocycles. The van der Waals surface area contributed by atoms with Gasteiger partial charge in [-0.2, -0.15) is 0 Å². The molecule has 2 amide bonds. The largest absolute Gasteiger partial charge is 0.481 e. The minimum atomic E-state index is -0.852. The van der Waals surface area contributed by atoms with Gasteiger partial charge in [0.15, 0.2) is 0 Å².